The zero-order chi connectivity index (χ0) is 34.6. The predicted molar refractivity (Wildman–Crippen MR) is 215 cm³/mol. The van der Waals surface area contributed by atoms with E-state index in [2.05, 4.69) is 107 Å². The molecule has 0 N–H and O–H groups in total. The summed E-state index contributed by atoms with van der Waals surface area (Å²) in [5, 5.41) is 11.1. The lowest BCUT2D eigenvalue weighted by Crippen LogP contribution is -2.36. The number of morpholine rings is 2. The summed E-state index contributed by atoms with van der Waals surface area (Å²) in [5.74, 6) is 0. The Balaban J connectivity index is 1.14. The van der Waals surface area contributed by atoms with E-state index in [1.165, 1.54) is 22.1 Å². The zero-order valence-corrected chi connectivity index (χ0v) is 29.0. The average molecular weight is 695 g/mol. The zero-order valence-electron chi connectivity index (χ0n) is 29.0. The molecule has 3 aromatic heterocycles. The van der Waals surface area contributed by atoms with Gasteiger partial charge in [0.15, 0.2) is 0 Å². The van der Waals surface area contributed by atoms with Crippen LogP contribution < -0.4 is 9.80 Å². The summed E-state index contributed by atoms with van der Waals surface area (Å²) in [4.78, 5) is 4.79. The number of nitrogens with zero attached hydrogens (tertiary/aromatic N) is 2. The lowest BCUT2D eigenvalue weighted by molar-refractivity contribution is 0.122. The van der Waals surface area contributed by atoms with E-state index in [1.54, 1.807) is 0 Å². The van der Waals surface area contributed by atoms with Crippen molar-refractivity contribution in [1.82, 2.24) is 0 Å². The second kappa shape index (κ2) is 11.2. The van der Waals surface area contributed by atoms with Gasteiger partial charge in [-0.1, -0.05) is 48.5 Å². The molecule has 258 valence electrons. The van der Waals surface area contributed by atoms with Gasteiger partial charge in [-0.05, 0) is 82.2 Å². The fourth-order valence-electron chi connectivity index (χ4n) is 8.86. The highest BCUT2D eigenvalue weighted by Gasteiger charge is 2.24. The van der Waals surface area contributed by atoms with Gasteiger partial charge >= 0.3 is 0 Å². The minimum Gasteiger partial charge on any atom is -0.456 e. The van der Waals surface area contributed by atoms with Crippen molar-refractivity contribution in [2.75, 3.05) is 62.4 Å². The summed E-state index contributed by atoms with van der Waals surface area (Å²) in [6.45, 7) is 6.59. The van der Waals surface area contributed by atoms with Gasteiger partial charge in [-0.25, -0.2) is 0 Å². The normalized spacial score (nSPS) is 15.8. The molecule has 0 aliphatic carbocycles. The topological polar surface area (TPSA) is 64.4 Å². The maximum Gasteiger partial charge on any atom is 0.144 e. The number of para-hydroxylation sites is 2. The van der Waals surface area contributed by atoms with Crippen molar-refractivity contribution in [3.8, 4) is 11.1 Å². The first-order chi connectivity index (χ1) is 26.2. The maximum atomic E-state index is 7.02. The molecule has 7 nitrogen and oxygen atoms in total. The van der Waals surface area contributed by atoms with E-state index in [0.717, 1.165) is 140 Å². The van der Waals surface area contributed by atoms with Crippen molar-refractivity contribution in [1.29, 1.82) is 0 Å². The Morgan fingerprint density at radius 1 is 0.377 bits per heavy atom. The van der Waals surface area contributed by atoms with Crippen LogP contribution in [0.4, 0.5) is 11.4 Å². The molecular formula is C46H34N2O5. The molecule has 53 heavy (non-hydrogen) atoms. The highest BCUT2D eigenvalue weighted by molar-refractivity contribution is 6.30. The Hall–Kier alpha value is -6.02. The first-order valence-electron chi connectivity index (χ1n) is 18.5. The molecule has 7 heteroatoms. The van der Waals surface area contributed by atoms with Crippen LogP contribution in [-0.4, -0.2) is 52.6 Å². The highest BCUT2D eigenvalue weighted by atomic mass is 16.5. The molecule has 2 aliphatic heterocycles. The van der Waals surface area contributed by atoms with Gasteiger partial charge in [-0.2, -0.15) is 0 Å². The van der Waals surface area contributed by atoms with Crippen molar-refractivity contribution >= 4 is 98.7 Å². The Morgan fingerprint density at radius 3 is 1.68 bits per heavy atom. The van der Waals surface area contributed by atoms with E-state index in [4.69, 9.17) is 22.7 Å². The van der Waals surface area contributed by atoms with Crippen LogP contribution in [0.5, 0.6) is 0 Å². The van der Waals surface area contributed by atoms with Crippen molar-refractivity contribution in [2.24, 2.45) is 0 Å². The summed E-state index contributed by atoms with van der Waals surface area (Å²) < 4.78 is 31.7. The van der Waals surface area contributed by atoms with E-state index in [-0.39, 0.29) is 0 Å². The highest BCUT2D eigenvalue weighted by Crippen LogP contribution is 2.48. The fourth-order valence-corrected chi connectivity index (χ4v) is 8.86. The molecule has 5 heterocycles. The molecule has 0 saturated carbocycles. The Labute approximate surface area is 303 Å². The number of ether oxygens (including phenoxy) is 2. The van der Waals surface area contributed by atoms with Crippen molar-refractivity contribution in [3.05, 3.63) is 109 Å². The smallest absolute Gasteiger partial charge is 0.144 e. The van der Waals surface area contributed by atoms with Crippen LogP contribution in [0.1, 0.15) is 0 Å². The van der Waals surface area contributed by atoms with E-state index in [0.29, 0.717) is 0 Å². The molecule has 2 aliphatic rings. The van der Waals surface area contributed by atoms with E-state index in [9.17, 15) is 0 Å². The number of hydrogen-bond donors (Lipinski definition) is 0. The van der Waals surface area contributed by atoms with Crippen LogP contribution in [0.2, 0.25) is 0 Å². The van der Waals surface area contributed by atoms with E-state index in [1.807, 2.05) is 12.1 Å². The van der Waals surface area contributed by atoms with Gasteiger partial charge in [-0.3, -0.25) is 0 Å². The molecule has 2 saturated heterocycles. The summed E-state index contributed by atoms with van der Waals surface area (Å²) in [6.07, 6.45) is 0. The van der Waals surface area contributed by atoms with Crippen LogP contribution in [0.15, 0.2) is 122 Å². The molecule has 12 rings (SSSR count). The molecule has 0 atom stereocenters. The Kier molecular flexibility index (Phi) is 6.27. The third-order valence-corrected chi connectivity index (χ3v) is 11.5. The molecular weight excluding hydrogens is 661 g/mol. The first kappa shape index (κ1) is 29.5. The summed E-state index contributed by atoms with van der Waals surface area (Å²) >= 11 is 0. The second-order valence-corrected chi connectivity index (χ2v) is 14.4. The van der Waals surface area contributed by atoms with Gasteiger partial charge in [0.2, 0.25) is 0 Å². The van der Waals surface area contributed by atoms with Gasteiger partial charge < -0.3 is 32.5 Å². The van der Waals surface area contributed by atoms with Gasteiger partial charge in [0, 0.05) is 81.0 Å². The largest absolute Gasteiger partial charge is 0.456 e. The Bertz CT molecular complexity index is 3100. The SMILES string of the molecule is c1ccc2c(c1)oc1c(-c3cc4oc5cc6cc(N7CCOCC7)ccc6cc5c4c4c3oc3cc5cc(N6CCOCC6)ccc5cc34)cccc12. The summed E-state index contributed by atoms with van der Waals surface area (Å²) in [5.41, 5.74) is 9.41. The first-order valence-corrected chi connectivity index (χ1v) is 18.5. The lowest BCUT2D eigenvalue weighted by atomic mass is 9.95. The fraction of sp³-hybridized carbons (Fsp3) is 0.174. The third kappa shape index (κ3) is 4.47. The quantitative estimate of drug-likeness (QED) is 0.182. The molecule has 0 unspecified atom stereocenters. The number of hydrogen-bond acceptors (Lipinski definition) is 7. The standard InChI is InChI=1S/C46H34N2O5/c1-2-7-39-33(4-1)34-5-3-6-35(45(34)52-39)36-26-42-43(37-22-27-8-10-31(47-12-16-49-17-13-47)20-29(27)24-40(37)51-42)44-38-23-28-9-11-32(48-14-18-50-19-15-48)21-30(28)25-41(38)53-46(36)44/h1-11,20-26H,12-19H2. The van der Waals surface area contributed by atoms with Gasteiger partial charge in [-0.15, -0.1) is 0 Å². The van der Waals surface area contributed by atoms with Crippen molar-refractivity contribution < 1.29 is 22.7 Å². The van der Waals surface area contributed by atoms with Crippen LogP contribution in [0.3, 0.4) is 0 Å². The number of benzene rings is 7. The molecule has 0 spiro atoms. The molecule has 0 bridgehead atoms. The molecule has 7 aromatic carbocycles. The predicted octanol–water partition coefficient (Wildman–Crippen LogP) is 11.0. The third-order valence-electron chi connectivity index (χ3n) is 11.5. The van der Waals surface area contributed by atoms with Crippen LogP contribution in [0, 0.1) is 0 Å². The molecule has 2 fully saturated rings. The van der Waals surface area contributed by atoms with Crippen LogP contribution in [-0.2, 0) is 9.47 Å². The Morgan fingerprint density at radius 2 is 0.981 bits per heavy atom. The summed E-state index contributed by atoms with van der Waals surface area (Å²) in [7, 11) is 0. The van der Waals surface area contributed by atoms with E-state index < -0.39 is 0 Å². The average Bonchev–Trinajstić information content (AvgIpc) is 3.89. The number of rotatable bonds is 3. The van der Waals surface area contributed by atoms with Crippen molar-refractivity contribution in [2.45, 2.75) is 0 Å². The van der Waals surface area contributed by atoms with Crippen LogP contribution >= 0.6 is 0 Å². The monoisotopic (exact) mass is 694 g/mol. The minimum atomic E-state index is 0.750. The second-order valence-electron chi connectivity index (χ2n) is 14.4. The molecule has 0 amide bonds. The molecule has 0 radical (unpaired) electrons. The van der Waals surface area contributed by atoms with Gasteiger partial charge in [0.05, 0.1) is 26.4 Å². The van der Waals surface area contributed by atoms with Crippen LogP contribution in [0.25, 0.3) is 98.5 Å². The van der Waals surface area contributed by atoms with Crippen molar-refractivity contribution in [3.63, 3.8) is 0 Å². The van der Waals surface area contributed by atoms with Gasteiger partial charge in [0.1, 0.15) is 33.5 Å². The van der Waals surface area contributed by atoms with E-state index >= 15 is 0 Å². The number of anilines is 2. The number of furan rings is 3. The number of fused-ring (bicyclic) bond motifs is 12. The lowest BCUT2D eigenvalue weighted by Gasteiger charge is -2.29. The minimum absolute atomic E-state index is 0.750. The summed E-state index contributed by atoms with van der Waals surface area (Å²) in [6, 6.07) is 39.2. The van der Waals surface area contributed by atoms with Gasteiger partial charge in [0.25, 0.3) is 0 Å². The molecule has 10 aromatic rings. The maximum absolute atomic E-state index is 7.02.